The monoisotopic (exact) mass is 158 g/mol. The van der Waals surface area contributed by atoms with Gasteiger partial charge in [-0.3, -0.25) is 0 Å². The van der Waals surface area contributed by atoms with Crippen molar-refractivity contribution in [3.8, 4) is 0 Å². The maximum atomic E-state index is 5.49. The first-order chi connectivity index (χ1) is 5.06. The third-order valence-corrected chi connectivity index (χ3v) is 1.18. The molecular weight excluding hydrogens is 139 g/mol. The van der Waals surface area contributed by atoms with Gasteiger partial charge in [0, 0.05) is 12.2 Å². The molecule has 0 amide bonds. The van der Waals surface area contributed by atoms with Gasteiger partial charge in [0.1, 0.15) is 0 Å². The van der Waals surface area contributed by atoms with Gasteiger partial charge in [0.05, 0.1) is 0 Å². The van der Waals surface area contributed by atoms with Crippen LogP contribution >= 0.6 is 0 Å². The van der Waals surface area contributed by atoms with Crippen LogP contribution in [0.25, 0.3) is 0 Å². The lowest BCUT2D eigenvalue weighted by Gasteiger charge is -2.17. The largest absolute Gasteiger partial charge is 0.456 e. The molecule has 0 radical (unpaired) electrons. The van der Waals surface area contributed by atoms with E-state index < -0.39 is 0 Å². The Bertz CT molecular complexity index is 84.1. The van der Waals surface area contributed by atoms with E-state index >= 15 is 0 Å². The Morgan fingerprint density at radius 1 is 1.00 bits per heavy atom. The van der Waals surface area contributed by atoms with Crippen LogP contribution in [0.5, 0.6) is 0 Å². The molecule has 0 saturated heterocycles. The molecule has 0 aromatic rings. The highest BCUT2D eigenvalue weighted by atomic mass is 16.6. The van der Waals surface area contributed by atoms with Crippen molar-refractivity contribution < 1.29 is 9.31 Å². The lowest BCUT2D eigenvalue weighted by Crippen LogP contribution is -2.28. The highest BCUT2D eigenvalue weighted by molar-refractivity contribution is 6.44. The molecule has 66 valence electrons. The minimum Gasteiger partial charge on any atom is -0.409 e. The Labute approximate surface area is 70.4 Å². The van der Waals surface area contributed by atoms with E-state index in [4.69, 9.17) is 9.31 Å². The van der Waals surface area contributed by atoms with E-state index in [1.54, 1.807) is 0 Å². The normalized spacial score (nSPS) is 11.2. The molecule has 2 nitrogen and oxygen atoms in total. The van der Waals surface area contributed by atoms with E-state index in [1.807, 2.05) is 27.7 Å². The summed E-state index contributed by atoms with van der Waals surface area (Å²) >= 11 is 0. The Morgan fingerprint density at radius 2 is 1.36 bits per heavy atom. The van der Waals surface area contributed by atoms with Crippen LogP contribution in [0.4, 0.5) is 0 Å². The quantitative estimate of drug-likeness (QED) is 0.571. The van der Waals surface area contributed by atoms with Crippen LogP contribution < -0.4 is 0 Å². The summed E-state index contributed by atoms with van der Waals surface area (Å²) in [6.45, 7) is 10.1. The molecule has 0 heterocycles. The summed E-state index contributed by atoms with van der Waals surface area (Å²) in [6, 6.07) is 0. The maximum Gasteiger partial charge on any atom is 0.456 e. The second kappa shape index (κ2) is 5.61. The number of rotatable bonds is 5. The van der Waals surface area contributed by atoms with Crippen LogP contribution in [-0.2, 0) is 9.31 Å². The number of hydrogen-bond donors (Lipinski definition) is 0. The number of hydrogen-bond acceptors (Lipinski definition) is 2. The predicted octanol–water partition coefficient (Wildman–Crippen LogP) is 2.34. The van der Waals surface area contributed by atoms with E-state index in [-0.39, 0.29) is 19.3 Å². The van der Waals surface area contributed by atoms with Crippen molar-refractivity contribution in [2.24, 2.45) is 0 Å². The molecule has 3 heteroatoms. The summed E-state index contributed by atoms with van der Waals surface area (Å²) < 4.78 is 11.0. The van der Waals surface area contributed by atoms with Gasteiger partial charge in [0.2, 0.25) is 0 Å². The zero-order valence-corrected chi connectivity index (χ0v) is 8.26. The summed E-state index contributed by atoms with van der Waals surface area (Å²) in [5.41, 5.74) is 0. The standard InChI is InChI=1S/C8H19BO2/c1-6-9(10-7(2)3)11-8(4)5/h7-8H,6H2,1-5H3. The van der Waals surface area contributed by atoms with Crippen LogP contribution in [0, 0.1) is 0 Å². The summed E-state index contributed by atoms with van der Waals surface area (Å²) in [7, 11) is -0.0324. The molecule has 0 spiro atoms. The predicted molar refractivity (Wildman–Crippen MR) is 48.7 cm³/mol. The molecule has 0 bridgehead atoms. The third-order valence-electron chi connectivity index (χ3n) is 1.18. The van der Waals surface area contributed by atoms with E-state index in [0.29, 0.717) is 0 Å². The van der Waals surface area contributed by atoms with Crippen molar-refractivity contribution >= 4 is 7.12 Å². The van der Waals surface area contributed by atoms with Gasteiger partial charge in [0.25, 0.3) is 0 Å². The van der Waals surface area contributed by atoms with E-state index in [2.05, 4.69) is 6.92 Å². The first-order valence-electron chi connectivity index (χ1n) is 4.37. The summed E-state index contributed by atoms with van der Waals surface area (Å²) in [6.07, 6.45) is 1.41. The first kappa shape index (κ1) is 11.0. The minimum atomic E-state index is -0.0324. The van der Waals surface area contributed by atoms with Gasteiger partial charge in [0.15, 0.2) is 0 Å². The molecule has 0 aromatic heterocycles. The van der Waals surface area contributed by atoms with Crippen molar-refractivity contribution in [3.63, 3.8) is 0 Å². The fourth-order valence-corrected chi connectivity index (χ4v) is 0.832. The molecule has 11 heavy (non-hydrogen) atoms. The Kier molecular flexibility index (Phi) is 5.60. The average molecular weight is 158 g/mol. The zero-order valence-electron chi connectivity index (χ0n) is 8.26. The lowest BCUT2D eigenvalue weighted by molar-refractivity contribution is 0.130. The molecule has 0 unspecified atom stereocenters. The zero-order chi connectivity index (χ0) is 8.85. The van der Waals surface area contributed by atoms with Gasteiger partial charge in [-0.25, -0.2) is 0 Å². The van der Waals surface area contributed by atoms with Gasteiger partial charge in [-0.2, -0.15) is 0 Å². The molecule has 0 aromatic carbocycles. The molecule has 0 aliphatic carbocycles. The van der Waals surface area contributed by atoms with Crippen molar-refractivity contribution in [3.05, 3.63) is 0 Å². The molecule has 0 saturated carbocycles. The second-order valence-electron chi connectivity index (χ2n) is 3.21. The SMILES string of the molecule is CCB(OC(C)C)OC(C)C. The van der Waals surface area contributed by atoms with E-state index in [1.165, 1.54) is 0 Å². The Hall–Kier alpha value is -0.0151. The minimum absolute atomic E-state index is 0.0324. The fourth-order valence-electron chi connectivity index (χ4n) is 0.832. The van der Waals surface area contributed by atoms with Crippen molar-refractivity contribution in [2.45, 2.75) is 53.1 Å². The highest BCUT2D eigenvalue weighted by Crippen LogP contribution is 2.03. The maximum absolute atomic E-state index is 5.49. The van der Waals surface area contributed by atoms with Crippen LogP contribution in [0.15, 0.2) is 0 Å². The second-order valence-corrected chi connectivity index (χ2v) is 3.21. The van der Waals surface area contributed by atoms with Crippen LogP contribution in [-0.4, -0.2) is 19.3 Å². The van der Waals surface area contributed by atoms with Crippen LogP contribution in [0.1, 0.15) is 34.6 Å². The summed E-state index contributed by atoms with van der Waals surface area (Å²) in [4.78, 5) is 0. The van der Waals surface area contributed by atoms with Gasteiger partial charge in [-0.15, -0.1) is 0 Å². The summed E-state index contributed by atoms with van der Waals surface area (Å²) in [5, 5.41) is 0. The van der Waals surface area contributed by atoms with Crippen molar-refractivity contribution in [1.82, 2.24) is 0 Å². The Balaban J connectivity index is 3.58. The van der Waals surface area contributed by atoms with Gasteiger partial charge >= 0.3 is 7.12 Å². The third kappa shape index (κ3) is 6.39. The van der Waals surface area contributed by atoms with Crippen molar-refractivity contribution in [2.75, 3.05) is 0 Å². The van der Waals surface area contributed by atoms with Gasteiger partial charge in [-0.05, 0) is 34.0 Å². The fraction of sp³-hybridized carbons (Fsp3) is 1.00. The molecular formula is C8H19BO2. The Morgan fingerprint density at radius 3 is 1.55 bits per heavy atom. The van der Waals surface area contributed by atoms with Crippen LogP contribution in [0.3, 0.4) is 0 Å². The molecule has 0 atom stereocenters. The molecule has 0 aliphatic rings. The molecule has 0 aliphatic heterocycles. The van der Waals surface area contributed by atoms with Gasteiger partial charge in [-0.1, -0.05) is 6.92 Å². The molecule has 0 fully saturated rings. The molecule has 0 rings (SSSR count). The average Bonchev–Trinajstić information content (AvgIpc) is 1.84. The summed E-state index contributed by atoms with van der Waals surface area (Å²) in [5.74, 6) is 0. The topological polar surface area (TPSA) is 18.5 Å². The molecule has 0 N–H and O–H groups in total. The van der Waals surface area contributed by atoms with Gasteiger partial charge < -0.3 is 9.31 Å². The first-order valence-corrected chi connectivity index (χ1v) is 4.37. The smallest absolute Gasteiger partial charge is 0.409 e. The van der Waals surface area contributed by atoms with E-state index in [9.17, 15) is 0 Å². The van der Waals surface area contributed by atoms with Crippen LogP contribution in [0.2, 0.25) is 6.32 Å². The van der Waals surface area contributed by atoms with E-state index in [0.717, 1.165) is 6.32 Å². The lowest BCUT2D eigenvalue weighted by atomic mass is 9.85. The highest BCUT2D eigenvalue weighted by Gasteiger charge is 2.17. The van der Waals surface area contributed by atoms with Crippen molar-refractivity contribution in [1.29, 1.82) is 0 Å².